The Balaban J connectivity index is 1.67. The van der Waals surface area contributed by atoms with E-state index in [1.54, 1.807) is 6.92 Å². The predicted molar refractivity (Wildman–Crippen MR) is 87.0 cm³/mol. The third-order valence-electron chi connectivity index (χ3n) is 4.79. The summed E-state index contributed by atoms with van der Waals surface area (Å²) in [6.07, 6.45) is 6.24. The predicted octanol–water partition coefficient (Wildman–Crippen LogP) is 2.91. The van der Waals surface area contributed by atoms with Crippen LogP contribution in [0.15, 0.2) is 10.6 Å². The number of furan rings is 1. The van der Waals surface area contributed by atoms with Crippen LogP contribution in [0.3, 0.4) is 0 Å². The zero-order valence-corrected chi connectivity index (χ0v) is 14.1. The molecule has 0 amide bonds. The summed E-state index contributed by atoms with van der Waals surface area (Å²) < 4.78 is 18.6. The summed E-state index contributed by atoms with van der Waals surface area (Å²) in [4.78, 5) is 12.1. The average molecular weight is 330 g/mol. The fourth-order valence-corrected chi connectivity index (χ4v) is 3.65. The minimum absolute atomic E-state index is 0.256. The molecule has 0 bridgehead atoms. The summed E-state index contributed by atoms with van der Waals surface area (Å²) in [6.45, 7) is 5.66. The van der Waals surface area contributed by atoms with Gasteiger partial charge in [0.1, 0.15) is 5.76 Å². The van der Waals surface area contributed by atoms with Crippen molar-refractivity contribution in [2.75, 3.05) is 13.2 Å². The molecule has 0 aromatic carbocycles. The van der Waals surface area contributed by atoms with Gasteiger partial charge in [0.05, 0.1) is 24.9 Å². The zero-order chi connectivity index (χ0) is 16.7. The highest BCUT2D eigenvalue weighted by Crippen LogP contribution is 2.38. The van der Waals surface area contributed by atoms with Crippen LogP contribution < -0.4 is 0 Å². The lowest BCUT2D eigenvalue weighted by molar-refractivity contribution is 0.0487. The number of esters is 1. The Bertz CT molecular complexity index is 768. The fourth-order valence-electron chi connectivity index (χ4n) is 3.65. The second-order valence-electron chi connectivity index (χ2n) is 6.43. The molecule has 1 aliphatic heterocycles. The normalized spacial score (nSPS) is 19.2. The van der Waals surface area contributed by atoms with E-state index in [0.717, 1.165) is 61.4 Å². The van der Waals surface area contributed by atoms with Crippen LogP contribution in [0, 0.1) is 6.92 Å². The number of carbonyl (C=O) groups excluding carboxylic acids is 1. The van der Waals surface area contributed by atoms with E-state index in [-0.39, 0.29) is 6.10 Å². The molecule has 2 aromatic rings. The minimum Gasteiger partial charge on any atom is -0.460 e. The van der Waals surface area contributed by atoms with Gasteiger partial charge in [-0.2, -0.15) is 5.10 Å². The fraction of sp³-hybridized carbons (Fsp3) is 0.556. The summed E-state index contributed by atoms with van der Waals surface area (Å²) in [6, 6.07) is 0. The van der Waals surface area contributed by atoms with Crippen molar-refractivity contribution in [2.45, 2.75) is 52.2 Å². The topological polar surface area (TPSA) is 66.5 Å². The number of carbonyl (C=O) groups is 1. The maximum Gasteiger partial charge on any atom is 0.374 e. The van der Waals surface area contributed by atoms with Crippen LogP contribution in [-0.4, -0.2) is 35.1 Å². The van der Waals surface area contributed by atoms with Crippen LogP contribution in [0.4, 0.5) is 0 Å². The summed E-state index contributed by atoms with van der Waals surface area (Å²) >= 11 is 0. The first-order valence-corrected chi connectivity index (χ1v) is 8.65. The van der Waals surface area contributed by atoms with Crippen molar-refractivity contribution in [3.05, 3.63) is 28.8 Å². The third kappa shape index (κ3) is 2.55. The van der Waals surface area contributed by atoms with Gasteiger partial charge in [-0.1, -0.05) is 0 Å². The first-order chi connectivity index (χ1) is 11.7. The van der Waals surface area contributed by atoms with Gasteiger partial charge in [0.2, 0.25) is 5.76 Å². The van der Waals surface area contributed by atoms with Gasteiger partial charge in [-0.15, -0.1) is 0 Å². The number of hydrogen-bond donors (Lipinski definition) is 0. The molecule has 1 atom stereocenters. The number of aromatic nitrogens is 2. The Morgan fingerprint density at radius 1 is 1.46 bits per heavy atom. The first kappa shape index (κ1) is 15.4. The Kier molecular flexibility index (Phi) is 3.92. The monoisotopic (exact) mass is 330 g/mol. The molecule has 4 rings (SSSR count). The second kappa shape index (κ2) is 6.09. The van der Waals surface area contributed by atoms with E-state index in [9.17, 15) is 4.79 Å². The molecule has 1 saturated heterocycles. The molecular formula is C18H22N2O4. The molecule has 6 heteroatoms. The van der Waals surface area contributed by atoms with E-state index in [1.807, 2.05) is 11.6 Å². The van der Waals surface area contributed by atoms with Crippen LogP contribution in [0.5, 0.6) is 0 Å². The maximum absolute atomic E-state index is 12.1. The summed E-state index contributed by atoms with van der Waals surface area (Å²) in [5.41, 5.74) is 3.93. The standard InChI is InChI=1S/C18H22N2O4/c1-3-22-18(21)17-11(2)15-14(24-17)7-6-12-9-20(19-16(12)15)10-13-5-4-8-23-13/h9,13H,3-8,10H2,1-2H3/t13-/m0/s1. The largest absolute Gasteiger partial charge is 0.460 e. The molecule has 128 valence electrons. The molecule has 0 N–H and O–H groups in total. The van der Waals surface area contributed by atoms with Crippen LogP contribution >= 0.6 is 0 Å². The van der Waals surface area contributed by atoms with Crippen molar-refractivity contribution in [2.24, 2.45) is 0 Å². The highest BCUT2D eigenvalue weighted by Gasteiger charge is 2.30. The highest BCUT2D eigenvalue weighted by molar-refractivity contribution is 5.91. The Morgan fingerprint density at radius 3 is 3.08 bits per heavy atom. The van der Waals surface area contributed by atoms with Crippen LogP contribution in [0.2, 0.25) is 0 Å². The van der Waals surface area contributed by atoms with Crippen LogP contribution in [0.1, 0.15) is 47.2 Å². The Hall–Kier alpha value is -2.08. The minimum atomic E-state index is -0.398. The smallest absolute Gasteiger partial charge is 0.374 e. The highest BCUT2D eigenvalue weighted by atomic mass is 16.5. The van der Waals surface area contributed by atoms with Crippen molar-refractivity contribution in [1.82, 2.24) is 9.78 Å². The van der Waals surface area contributed by atoms with Gasteiger partial charge in [0, 0.05) is 30.4 Å². The van der Waals surface area contributed by atoms with E-state index in [2.05, 4.69) is 6.20 Å². The lowest BCUT2D eigenvalue weighted by atomic mass is 9.94. The lowest BCUT2D eigenvalue weighted by Gasteiger charge is -2.09. The van der Waals surface area contributed by atoms with Crippen molar-refractivity contribution >= 4 is 5.97 Å². The maximum atomic E-state index is 12.1. The van der Waals surface area contributed by atoms with Gasteiger partial charge in [-0.05, 0) is 38.7 Å². The molecule has 6 nitrogen and oxygen atoms in total. The van der Waals surface area contributed by atoms with Crippen molar-refractivity contribution in [1.29, 1.82) is 0 Å². The van der Waals surface area contributed by atoms with Crippen LogP contribution in [-0.2, 0) is 28.9 Å². The molecule has 2 aliphatic rings. The van der Waals surface area contributed by atoms with E-state index in [0.29, 0.717) is 12.4 Å². The molecule has 1 fully saturated rings. The molecule has 0 spiro atoms. The summed E-state index contributed by atoms with van der Waals surface area (Å²) in [5.74, 6) is 0.749. The Labute approximate surface area is 140 Å². The van der Waals surface area contributed by atoms with Crippen molar-refractivity contribution < 1.29 is 18.7 Å². The zero-order valence-electron chi connectivity index (χ0n) is 14.1. The van der Waals surface area contributed by atoms with E-state index in [1.165, 1.54) is 5.56 Å². The Morgan fingerprint density at radius 2 is 2.33 bits per heavy atom. The van der Waals surface area contributed by atoms with Gasteiger partial charge < -0.3 is 13.9 Å². The van der Waals surface area contributed by atoms with Gasteiger partial charge >= 0.3 is 5.97 Å². The molecule has 1 aliphatic carbocycles. The lowest BCUT2D eigenvalue weighted by Crippen LogP contribution is -2.15. The number of fused-ring (bicyclic) bond motifs is 3. The number of ether oxygens (including phenoxy) is 2. The molecule has 3 heterocycles. The molecular weight excluding hydrogens is 308 g/mol. The quantitative estimate of drug-likeness (QED) is 0.807. The summed E-state index contributed by atoms with van der Waals surface area (Å²) in [7, 11) is 0. The molecule has 2 aromatic heterocycles. The number of hydrogen-bond acceptors (Lipinski definition) is 5. The van der Waals surface area contributed by atoms with Crippen LogP contribution in [0.25, 0.3) is 11.3 Å². The SMILES string of the molecule is CCOC(=O)c1oc2c(c1C)-c1nn(C[C@@H]3CCCO3)cc1CC2. The summed E-state index contributed by atoms with van der Waals surface area (Å²) in [5, 5.41) is 4.76. The second-order valence-corrected chi connectivity index (χ2v) is 6.43. The molecule has 24 heavy (non-hydrogen) atoms. The first-order valence-electron chi connectivity index (χ1n) is 8.65. The molecule has 0 radical (unpaired) electrons. The molecule has 0 saturated carbocycles. The number of nitrogens with zero attached hydrogens (tertiary/aromatic N) is 2. The van der Waals surface area contributed by atoms with E-state index < -0.39 is 5.97 Å². The van der Waals surface area contributed by atoms with E-state index in [4.69, 9.17) is 19.0 Å². The van der Waals surface area contributed by atoms with E-state index >= 15 is 0 Å². The molecule has 0 unspecified atom stereocenters. The van der Waals surface area contributed by atoms with Crippen molar-refractivity contribution in [3.63, 3.8) is 0 Å². The van der Waals surface area contributed by atoms with Gasteiger partial charge in [0.15, 0.2) is 0 Å². The van der Waals surface area contributed by atoms with Gasteiger partial charge in [0.25, 0.3) is 0 Å². The number of aryl methyl sites for hydroxylation is 2. The third-order valence-corrected chi connectivity index (χ3v) is 4.79. The number of rotatable bonds is 4. The van der Waals surface area contributed by atoms with Crippen molar-refractivity contribution in [3.8, 4) is 11.3 Å². The average Bonchev–Trinajstić information content (AvgIpc) is 3.26. The van der Waals surface area contributed by atoms with Gasteiger partial charge in [-0.3, -0.25) is 4.68 Å². The van der Waals surface area contributed by atoms with Gasteiger partial charge in [-0.25, -0.2) is 4.79 Å².